The molecule has 1 atom stereocenters. The summed E-state index contributed by atoms with van der Waals surface area (Å²) < 4.78 is 4.98. The fourth-order valence-electron chi connectivity index (χ4n) is 1.96. The van der Waals surface area contributed by atoms with Gasteiger partial charge in [0.1, 0.15) is 13.7 Å². The number of carbonyl (C=O) groups is 2. The van der Waals surface area contributed by atoms with Crippen LogP contribution in [0.25, 0.3) is 0 Å². The largest absolute Gasteiger partial charge is 0.443 e. The third-order valence-corrected chi connectivity index (χ3v) is 4.14. The van der Waals surface area contributed by atoms with Gasteiger partial charge in [-0.25, -0.2) is 4.79 Å². The van der Waals surface area contributed by atoms with E-state index in [-0.39, 0.29) is 23.2 Å². The maximum atomic E-state index is 11.8. The van der Waals surface area contributed by atoms with Gasteiger partial charge in [0.15, 0.2) is 10.9 Å². The summed E-state index contributed by atoms with van der Waals surface area (Å²) in [6.07, 6.45) is -0.844. The number of hydrogen-bond donors (Lipinski definition) is 2. The Labute approximate surface area is 151 Å². The van der Waals surface area contributed by atoms with Crippen molar-refractivity contribution in [2.45, 2.75) is 12.6 Å². The van der Waals surface area contributed by atoms with E-state index in [2.05, 4.69) is 20.3 Å². The summed E-state index contributed by atoms with van der Waals surface area (Å²) in [5, 5.41) is 17.2. The number of primary amides is 1. The molecule has 11 nitrogen and oxygen atoms in total. The van der Waals surface area contributed by atoms with E-state index in [9.17, 15) is 19.7 Å². The van der Waals surface area contributed by atoms with Crippen molar-refractivity contribution in [1.29, 1.82) is 0 Å². The number of hydrogen-bond acceptors (Lipinski definition) is 8. The highest BCUT2D eigenvalue weighted by atomic mass is 32.2. The summed E-state index contributed by atoms with van der Waals surface area (Å²) in [5.41, 5.74) is 5.73. The molecule has 1 unspecified atom stereocenters. The van der Waals surface area contributed by atoms with Gasteiger partial charge in [-0.3, -0.25) is 14.9 Å². The van der Waals surface area contributed by atoms with Crippen LogP contribution >= 0.6 is 11.8 Å². The van der Waals surface area contributed by atoms with Gasteiger partial charge < -0.3 is 20.6 Å². The second-order valence-electron chi connectivity index (χ2n) is 4.93. The SMILES string of the molecule is CON=C(C(N)=O)C1CSC(=NC(=O)OCc2ccc([N+](=O)[O-])cc2)N1. The average molecular weight is 381 g/mol. The lowest BCUT2D eigenvalue weighted by Gasteiger charge is -2.09. The van der Waals surface area contributed by atoms with Gasteiger partial charge >= 0.3 is 6.09 Å². The Kier molecular flexibility index (Phi) is 6.49. The maximum absolute atomic E-state index is 11.8. The Bertz CT molecular complexity index is 764. The highest BCUT2D eigenvalue weighted by Gasteiger charge is 2.29. The molecule has 0 bridgehead atoms. The number of rotatable bonds is 6. The van der Waals surface area contributed by atoms with E-state index in [0.717, 1.165) is 0 Å². The summed E-state index contributed by atoms with van der Waals surface area (Å²) in [6.45, 7) is -0.0840. The molecule has 1 heterocycles. The molecule has 2 rings (SSSR count). The topological polar surface area (TPSA) is 159 Å². The van der Waals surface area contributed by atoms with Crippen LogP contribution in [0.2, 0.25) is 0 Å². The van der Waals surface area contributed by atoms with Crippen LogP contribution in [0.5, 0.6) is 0 Å². The first-order valence-electron chi connectivity index (χ1n) is 7.19. The third kappa shape index (κ3) is 5.17. The molecule has 138 valence electrons. The van der Waals surface area contributed by atoms with Crippen molar-refractivity contribution < 1.29 is 24.1 Å². The summed E-state index contributed by atoms with van der Waals surface area (Å²) in [4.78, 5) is 41.5. The lowest BCUT2D eigenvalue weighted by molar-refractivity contribution is -0.384. The zero-order chi connectivity index (χ0) is 19.1. The Morgan fingerprint density at radius 1 is 1.42 bits per heavy atom. The predicted octanol–water partition coefficient (Wildman–Crippen LogP) is 0.780. The van der Waals surface area contributed by atoms with Gasteiger partial charge in [-0.2, -0.15) is 4.99 Å². The molecule has 1 aliphatic heterocycles. The minimum atomic E-state index is -0.844. The lowest BCUT2D eigenvalue weighted by atomic mass is 10.2. The Balaban J connectivity index is 1.90. The number of non-ortho nitro benzene ring substituents is 1. The first-order chi connectivity index (χ1) is 12.4. The molecule has 2 amide bonds. The highest BCUT2D eigenvalue weighted by molar-refractivity contribution is 8.14. The van der Waals surface area contributed by atoms with Crippen molar-refractivity contribution in [2.24, 2.45) is 15.9 Å². The number of amides is 2. The van der Waals surface area contributed by atoms with Crippen LogP contribution < -0.4 is 11.1 Å². The number of ether oxygens (including phenoxy) is 1. The van der Waals surface area contributed by atoms with E-state index < -0.39 is 23.0 Å². The van der Waals surface area contributed by atoms with Crippen LogP contribution in [0.3, 0.4) is 0 Å². The second-order valence-corrected chi connectivity index (χ2v) is 5.94. The van der Waals surface area contributed by atoms with Gasteiger partial charge in [0, 0.05) is 17.9 Å². The summed E-state index contributed by atoms with van der Waals surface area (Å²) in [5.74, 6) is -0.355. The van der Waals surface area contributed by atoms with E-state index in [1.165, 1.54) is 43.1 Å². The van der Waals surface area contributed by atoms with Crippen LogP contribution in [0.1, 0.15) is 5.56 Å². The number of amidine groups is 1. The van der Waals surface area contributed by atoms with Crippen molar-refractivity contribution in [3.63, 3.8) is 0 Å². The zero-order valence-corrected chi connectivity index (χ0v) is 14.4. The van der Waals surface area contributed by atoms with Crippen molar-refractivity contribution in [3.05, 3.63) is 39.9 Å². The molecule has 1 aliphatic rings. The Morgan fingerprint density at radius 2 is 2.12 bits per heavy atom. The van der Waals surface area contributed by atoms with Crippen LogP contribution in [-0.4, -0.2) is 46.7 Å². The maximum Gasteiger partial charge on any atom is 0.436 e. The van der Waals surface area contributed by atoms with Gasteiger partial charge in [0.05, 0.1) is 11.0 Å². The van der Waals surface area contributed by atoms with E-state index in [0.29, 0.717) is 11.3 Å². The van der Waals surface area contributed by atoms with Gasteiger partial charge in [0.25, 0.3) is 11.6 Å². The molecule has 0 aromatic heterocycles. The quantitative estimate of drug-likeness (QED) is 0.415. The first-order valence-corrected chi connectivity index (χ1v) is 8.18. The fraction of sp³-hybridized carbons (Fsp3) is 0.286. The van der Waals surface area contributed by atoms with Gasteiger partial charge in [-0.15, -0.1) is 0 Å². The van der Waals surface area contributed by atoms with E-state index in [1.54, 1.807) is 0 Å². The summed E-state index contributed by atoms with van der Waals surface area (Å²) in [6, 6.07) is 5.07. The highest BCUT2D eigenvalue weighted by Crippen LogP contribution is 2.16. The first kappa shape index (κ1) is 19.2. The molecule has 1 aromatic carbocycles. The minimum Gasteiger partial charge on any atom is -0.443 e. The smallest absolute Gasteiger partial charge is 0.436 e. The fourth-order valence-corrected chi connectivity index (χ4v) is 2.89. The number of thioether (sulfide) groups is 1. The van der Waals surface area contributed by atoms with E-state index >= 15 is 0 Å². The number of nitrogens with one attached hydrogen (secondary N) is 1. The number of nitro benzene ring substituents is 1. The standard InChI is InChI=1S/C14H15N5O6S/c1-24-18-11(12(15)20)10-7-26-13(16-10)17-14(21)25-6-8-2-4-9(5-3-8)19(22)23/h2-5,10H,6-7H2,1H3,(H2,15,20)(H,16,17,21). The van der Waals surface area contributed by atoms with Gasteiger partial charge in [-0.05, 0) is 17.7 Å². The average Bonchev–Trinajstić information content (AvgIpc) is 3.05. The van der Waals surface area contributed by atoms with Crippen LogP contribution in [0.15, 0.2) is 34.4 Å². The van der Waals surface area contributed by atoms with Crippen molar-refractivity contribution in [2.75, 3.05) is 12.9 Å². The summed E-state index contributed by atoms with van der Waals surface area (Å²) >= 11 is 1.20. The number of oxime groups is 1. The minimum absolute atomic E-state index is 0.00977. The number of nitro groups is 1. The molecule has 1 saturated heterocycles. The van der Waals surface area contributed by atoms with Crippen molar-refractivity contribution in [1.82, 2.24) is 5.32 Å². The number of nitrogens with zero attached hydrogens (tertiary/aromatic N) is 3. The molecule has 0 aliphatic carbocycles. The normalized spacial score (nSPS) is 18.3. The second kappa shape index (κ2) is 8.80. The van der Waals surface area contributed by atoms with Gasteiger partial charge in [-0.1, -0.05) is 16.9 Å². The predicted molar refractivity (Wildman–Crippen MR) is 93.7 cm³/mol. The van der Waals surface area contributed by atoms with Gasteiger partial charge in [0.2, 0.25) is 0 Å². The number of aliphatic imine (C=N–C) groups is 1. The Morgan fingerprint density at radius 3 is 2.69 bits per heavy atom. The van der Waals surface area contributed by atoms with E-state index in [4.69, 9.17) is 10.5 Å². The van der Waals surface area contributed by atoms with E-state index in [1.807, 2.05) is 0 Å². The molecule has 0 saturated carbocycles. The molecular weight excluding hydrogens is 366 g/mol. The molecule has 1 fully saturated rings. The van der Waals surface area contributed by atoms with Crippen LogP contribution in [-0.2, 0) is 21.0 Å². The molecule has 0 spiro atoms. The molecule has 1 aromatic rings. The zero-order valence-electron chi connectivity index (χ0n) is 13.6. The number of benzene rings is 1. The molecule has 0 radical (unpaired) electrons. The van der Waals surface area contributed by atoms with Crippen molar-refractivity contribution in [3.8, 4) is 0 Å². The number of carbonyl (C=O) groups excluding carboxylic acids is 2. The molecule has 12 heteroatoms. The Hall–Kier alpha value is -3.15. The molecular formula is C14H15N5O6S. The monoisotopic (exact) mass is 381 g/mol. The molecule has 26 heavy (non-hydrogen) atoms. The number of nitrogens with two attached hydrogens (primary N) is 1. The molecule has 3 N–H and O–H groups in total. The third-order valence-electron chi connectivity index (χ3n) is 3.16. The summed E-state index contributed by atoms with van der Waals surface area (Å²) in [7, 11) is 1.29. The van der Waals surface area contributed by atoms with Crippen LogP contribution in [0.4, 0.5) is 10.5 Å². The van der Waals surface area contributed by atoms with Crippen LogP contribution in [0, 0.1) is 10.1 Å². The lowest BCUT2D eigenvalue weighted by Crippen LogP contribution is -2.42. The van der Waals surface area contributed by atoms with Crippen molar-refractivity contribution >= 4 is 40.3 Å².